The molecule has 1 aliphatic carbocycles. The summed E-state index contributed by atoms with van der Waals surface area (Å²) in [5.41, 5.74) is 0.888. The summed E-state index contributed by atoms with van der Waals surface area (Å²) in [7, 11) is 3.03. The van der Waals surface area contributed by atoms with Crippen LogP contribution >= 0.6 is 0 Å². The molecule has 1 aromatic heterocycles. The Balaban J connectivity index is 1.79. The van der Waals surface area contributed by atoms with Gasteiger partial charge in [0, 0.05) is 24.3 Å². The molecular weight excluding hydrogens is 258 g/mol. The van der Waals surface area contributed by atoms with Crippen molar-refractivity contribution < 1.29 is 14.3 Å². The van der Waals surface area contributed by atoms with Gasteiger partial charge in [0.1, 0.15) is 5.82 Å². The highest BCUT2D eigenvalue weighted by atomic mass is 16.5. The van der Waals surface area contributed by atoms with Crippen molar-refractivity contribution in [2.24, 2.45) is 11.8 Å². The zero-order valence-electron chi connectivity index (χ0n) is 12.0. The lowest BCUT2D eigenvalue weighted by molar-refractivity contribution is -0.146. The van der Waals surface area contributed by atoms with Gasteiger partial charge in [0.25, 0.3) is 0 Å². The van der Waals surface area contributed by atoms with E-state index in [0.29, 0.717) is 18.0 Å². The van der Waals surface area contributed by atoms with Crippen molar-refractivity contribution in [3.63, 3.8) is 0 Å². The number of nitrogens with zero attached hydrogens (tertiary/aromatic N) is 3. The predicted molar refractivity (Wildman–Crippen MR) is 72.7 cm³/mol. The van der Waals surface area contributed by atoms with Crippen LogP contribution in [0, 0.1) is 18.8 Å². The summed E-state index contributed by atoms with van der Waals surface area (Å²) in [5, 5.41) is 0. The van der Waals surface area contributed by atoms with Crippen molar-refractivity contribution in [1.29, 1.82) is 0 Å². The van der Waals surface area contributed by atoms with E-state index in [1.165, 1.54) is 7.11 Å². The van der Waals surface area contributed by atoms with E-state index in [9.17, 15) is 4.79 Å². The average molecular weight is 277 g/mol. The third-order valence-corrected chi connectivity index (χ3v) is 4.34. The number of fused-ring (bicyclic) bond motifs is 2. The molecule has 0 N–H and O–H groups in total. The van der Waals surface area contributed by atoms with Gasteiger partial charge < -0.3 is 14.4 Å². The summed E-state index contributed by atoms with van der Waals surface area (Å²) in [6, 6.07) is 2.73. The van der Waals surface area contributed by atoms with Crippen molar-refractivity contribution in [3.8, 4) is 6.01 Å². The summed E-state index contributed by atoms with van der Waals surface area (Å²) < 4.78 is 10.0. The van der Waals surface area contributed by atoms with Gasteiger partial charge in [0.2, 0.25) is 0 Å². The number of ether oxygens (including phenoxy) is 2. The number of anilines is 1. The van der Waals surface area contributed by atoms with Crippen LogP contribution in [-0.4, -0.2) is 42.7 Å². The molecule has 0 amide bonds. The molecule has 3 rings (SSSR count). The number of piperidine rings is 1. The molecule has 6 heteroatoms. The topological polar surface area (TPSA) is 64.5 Å². The number of aromatic nitrogens is 2. The SMILES string of the molecule is COC(=O)C1CC2CC1CN2c1cc(C)nc(OC)n1. The van der Waals surface area contributed by atoms with Crippen LogP contribution in [0.1, 0.15) is 18.5 Å². The maximum atomic E-state index is 11.7. The molecule has 0 aromatic carbocycles. The Bertz CT molecular complexity index is 534. The first-order valence-electron chi connectivity index (χ1n) is 6.86. The van der Waals surface area contributed by atoms with E-state index < -0.39 is 0 Å². The minimum absolute atomic E-state index is 0.0473. The van der Waals surface area contributed by atoms with Gasteiger partial charge in [-0.3, -0.25) is 4.79 Å². The Hall–Kier alpha value is -1.85. The Kier molecular flexibility index (Phi) is 3.23. The van der Waals surface area contributed by atoms with E-state index in [-0.39, 0.29) is 11.9 Å². The van der Waals surface area contributed by atoms with Crippen molar-refractivity contribution >= 4 is 11.8 Å². The molecule has 2 heterocycles. The molecule has 1 aliphatic heterocycles. The molecule has 1 saturated carbocycles. The molecule has 3 unspecified atom stereocenters. The van der Waals surface area contributed by atoms with Crippen molar-refractivity contribution in [2.45, 2.75) is 25.8 Å². The van der Waals surface area contributed by atoms with Gasteiger partial charge in [-0.05, 0) is 25.7 Å². The highest BCUT2D eigenvalue weighted by Gasteiger charge is 2.48. The van der Waals surface area contributed by atoms with Crippen molar-refractivity contribution in [1.82, 2.24) is 9.97 Å². The second-order valence-electron chi connectivity index (χ2n) is 5.52. The number of aryl methyl sites for hydroxylation is 1. The van der Waals surface area contributed by atoms with Crippen LogP contribution in [0.25, 0.3) is 0 Å². The van der Waals surface area contributed by atoms with Gasteiger partial charge in [-0.15, -0.1) is 0 Å². The van der Waals surface area contributed by atoms with Crippen LogP contribution in [0.3, 0.4) is 0 Å². The van der Waals surface area contributed by atoms with Gasteiger partial charge in [0.15, 0.2) is 0 Å². The van der Waals surface area contributed by atoms with Crippen LogP contribution in [0.4, 0.5) is 5.82 Å². The van der Waals surface area contributed by atoms with Gasteiger partial charge in [-0.2, -0.15) is 4.98 Å². The monoisotopic (exact) mass is 277 g/mol. The highest BCUT2D eigenvalue weighted by molar-refractivity contribution is 5.74. The summed E-state index contributed by atoms with van der Waals surface area (Å²) in [6.45, 7) is 2.78. The van der Waals surface area contributed by atoms with E-state index in [4.69, 9.17) is 9.47 Å². The fourth-order valence-corrected chi connectivity index (χ4v) is 3.44. The molecule has 0 radical (unpaired) electrons. The molecule has 2 bridgehead atoms. The Morgan fingerprint density at radius 1 is 1.35 bits per heavy atom. The van der Waals surface area contributed by atoms with Crippen LogP contribution in [-0.2, 0) is 9.53 Å². The summed E-state index contributed by atoms with van der Waals surface area (Å²) in [4.78, 5) is 22.6. The second kappa shape index (κ2) is 4.92. The van der Waals surface area contributed by atoms with Gasteiger partial charge in [-0.1, -0.05) is 0 Å². The van der Waals surface area contributed by atoms with Gasteiger partial charge in [-0.25, -0.2) is 4.98 Å². The first-order chi connectivity index (χ1) is 9.62. The third kappa shape index (κ3) is 2.09. The summed E-state index contributed by atoms with van der Waals surface area (Å²) >= 11 is 0. The maximum absolute atomic E-state index is 11.7. The predicted octanol–water partition coefficient (Wildman–Crippen LogP) is 1.18. The second-order valence-corrected chi connectivity index (χ2v) is 5.52. The Morgan fingerprint density at radius 3 is 2.75 bits per heavy atom. The molecule has 3 atom stereocenters. The van der Waals surface area contributed by atoms with Crippen molar-refractivity contribution in [2.75, 3.05) is 25.7 Å². The Labute approximate surface area is 118 Å². The number of hydrogen-bond donors (Lipinski definition) is 0. The number of methoxy groups -OCH3 is 2. The fraction of sp³-hybridized carbons (Fsp3) is 0.643. The zero-order chi connectivity index (χ0) is 14.3. The molecule has 2 aliphatic rings. The van der Waals surface area contributed by atoms with Crippen LogP contribution in [0.5, 0.6) is 6.01 Å². The number of carbonyl (C=O) groups is 1. The summed E-state index contributed by atoms with van der Waals surface area (Å²) in [5.74, 6) is 1.23. The number of esters is 1. The third-order valence-electron chi connectivity index (χ3n) is 4.34. The highest BCUT2D eigenvalue weighted by Crippen LogP contribution is 2.44. The van der Waals surface area contributed by atoms with E-state index >= 15 is 0 Å². The van der Waals surface area contributed by atoms with Crippen molar-refractivity contribution in [3.05, 3.63) is 11.8 Å². The average Bonchev–Trinajstić information content (AvgIpc) is 3.05. The van der Waals surface area contributed by atoms with Crippen LogP contribution < -0.4 is 9.64 Å². The van der Waals surface area contributed by atoms with E-state index in [1.54, 1.807) is 7.11 Å². The lowest BCUT2D eigenvalue weighted by Crippen LogP contribution is -2.38. The quantitative estimate of drug-likeness (QED) is 0.773. The molecule has 20 heavy (non-hydrogen) atoms. The zero-order valence-corrected chi connectivity index (χ0v) is 12.0. The molecule has 6 nitrogen and oxygen atoms in total. The smallest absolute Gasteiger partial charge is 0.318 e. The van der Waals surface area contributed by atoms with Gasteiger partial charge >= 0.3 is 12.0 Å². The van der Waals surface area contributed by atoms with E-state index in [1.807, 2.05) is 13.0 Å². The summed E-state index contributed by atoms with van der Waals surface area (Å²) in [6.07, 6.45) is 1.88. The Morgan fingerprint density at radius 2 is 2.15 bits per heavy atom. The minimum atomic E-state index is -0.0754. The number of carbonyl (C=O) groups excluding carboxylic acids is 1. The minimum Gasteiger partial charge on any atom is -0.469 e. The van der Waals surface area contributed by atoms with E-state index in [0.717, 1.165) is 30.9 Å². The molecule has 1 aromatic rings. The normalized spacial score (nSPS) is 27.8. The standard InChI is InChI=1S/C14H19N3O3/c1-8-4-12(16-14(15-8)20-3)17-7-9-5-10(17)6-11(9)13(18)19-2/h4,9-11H,5-7H2,1-3H3. The van der Waals surface area contributed by atoms with E-state index in [2.05, 4.69) is 14.9 Å². The molecule has 2 fully saturated rings. The molecule has 0 spiro atoms. The van der Waals surface area contributed by atoms with Crippen LogP contribution in [0.15, 0.2) is 6.07 Å². The first-order valence-corrected chi connectivity index (χ1v) is 6.86. The molecule has 1 saturated heterocycles. The lowest BCUT2D eigenvalue weighted by Gasteiger charge is -2.31. The number of rotatable bonds is 3. The maximum Gasteiger partial charge on any atom is 0.318 e. The largest absolute Gasteiger partial charge is 0.469 e. The first kappa shape index (κ1) is 13.1. The molecular formula is C14H19N3O3. The fourth-order valence-electron chi connectivity index (χ4n) is 3.44. The lowest BCUT2D eigenvalue weighted by atomic mass is 9.95. The molecule has 108 valence electrons. The van der Waals surface area contributed by atoms with Crippen LogP contribution in [0.2, 0.25) is 0 Å². The number of hydrogen-bond acceptors (Lipinski definition) is 6. The van der Waals surface area contributed by atoms with Gasteiger partial charge in [0.05, 0.1) is 20.1 Å².